The first kappa shape index (κ1) is 33.0. The number of hydrogen-bond donors (Lipinski definition) is 5. The van der Waals surface area contributed by atoms with Gasteiger partial charge in [0.2, 0.25) is 11.7 Å². The molecule has 0 saturated heterocycles. The average Bonchev–Trinajstić information content (AvgIpc) is 3.81. The van der Waals surface area contributed by atoms with Crippen LogP contribution in [0.3, 0.4) is 0 Å². The number of rotatable bonds is 12. The topological polar surface area (TPSA) is 213 Å². The molecular weight excluding hydrogens is 626 g/mol. The maximum atomic E-state index is 13.0. The molecular formula is C32H39N7O9. The molecule has 0 aromatic heterocycles. The standard InChI is InChI=1S/C32H39N7O9/c1-4-46-29(43)20-13-17(7-10-38-11-9-34-31(38)39-16-35-23-27(39)36-30(33)37-28(23)42)22-25(45-3)18-14-21(32(2,44)8-5-6-12-40)48-24(18)19(15-41)26(22)47-20/h7,9,11,13,21,31,34,40-41,44H,4-6,8,10,12,14-16H2,1-3H3,(H2,33,37,42)/b17-7+/t21-,31?,32-/m0/s1. The number of fused-ring (bicyclic) bond motifs is 3. The van der Waals surface area contributed by atoms with E-state index < -0.39 is 36.5 Å². The van der Waals surface area contributed by atoms with Gasteiger partial charge in [-0.15, -0.1) is 0 Å². The van der Waals surface area contributed by atoms with E-state index >= 15 is 0 Å². The Bertz CT molecular complexity index is 1690. The number of ether oxygens (including phenoxy) is 4. The third-order valence-corrected chi connectivity index (χ3v) is 8.76. The largest absolute Gasteiger partial charge is 0.496 e. The molecule has 5 aliphatic rings. The van der Waals surface area contributed by atoms with E-state index in [9.17, 15) is 24.9 Å². The van der Waals surface area contributed by atoms with Crippen molar-refractivity contribution in [2.45, 2.75) is 64.1 Å². The van der Waals surface area contributed by atoms with E-state index in [1.54, 1.807) is 31.0 Å². The summed E-state index contributed by atoms with van der Waals surface area (Å²) in [6.45, 7) is 3.48. The van der Waals surface area contributed by atoms with Gasteiger partial charge in [-0.2, -0.15) is 9.98 Å². The van der Waals surface area contributed by atoms with Crippen molar-refractivity contribution in [3.63, 3.8) is 0 Å². The van der Waals surface area contributed by atoms with E-state index in [4.69, 9.17) is 24.7 Å². The molecule has 0 saturated carbocycles. The minimum atomic E-state index is -1.24. The predicted molar refractivity (Wildman–Crippen MR) is 173 cm³/mol. The van der Waals surface area contributed by atoms with Crippen molar-refractivity contribution >= 4 is 35.0 Å². The number of nitrogens with one attached hydrogen (secondary N) is 1. The highest BCUT2D eigenvalue weighted by atomic mass is 16.6. The molecule has 0 radical (unpaired) electrons. The molecule has 1 aromatic carbocycles. The maximum Gasteiger partial charge on any atom is 0.374 e. The van der Waals surface area contributed by atoms with Crippen LogP contribution >= 0.6 is 0 Å². The van der Waals surface area contributed by atoms with Crippen LogP contribution in [-0.2, 0) is 27.4 Å². The number of aliphatic imine (C=N–C) groups is 3. The summed E-state index contributed by atoms with van der Waals surface area (Å²) < 4.78 is 23.6. The average molecular weight is 666 g/mol. The summed E-state index contributed by atoms with van der Waals surface area (Å²) >= 11 is 0. The number of amides is 1. The molecule has 5 aliphatic heterocycles. The molecule has 256 valence electrons. The van der Waals surface area contributed by atoms with Gasteiger partial charge >= 0.3 is 11.9 Å². The van der Waals surface area contributed by atoms with Crippen LogP contribution in [0.2, 0.25) is 0 Å². The van der Waals surface area contributed by atoms with Crippen molar-refractivity contribution in [3.05, 3.63) is 47.0 Å². The van der Waals surface area contributed by atoms with Gasteiger partial charge in [0.1, 0.15) is 30.0 Å². The number of nitrogens with two attached hydrogens (primary N) is 1. The Balaban J connectivity index is 1.37. The quantitative estimate of drug-likeness (QED) is 0.150. The molecule has 0 bridgehead atoms. The number of methoxy groups -OCH3 is 1. The zero-order chi connectivity index (χ0) is 34.2. The Labute approximate surface area is 276 Å². The summed E-state index contributed by atoms with van der Waals surface area (Å²) in [5.74, 6) is -0.229. The number of aliphatic hydroxyl groups excluding tert-OH is 2. The summed E-state index contributed by atoms with van der Waals surface area (Å²) in [6.07, 6.45) is 7.70. The Hall–Kier alpha value is -4.93. The molecule has 48 heavy (non-hydrogen) atoms. The third kappa shape index (κ3) is 5.86. The summed E-state index contributed by atoms with van der Waals surface area (Å²) in [4.78, 5) is 41.3. The molecule has 6 rings (SSSR count). The first-order chi connectivity index (χ1) is 23.1. The van der Waals surface area contributed by atoms with Crippen LogP contribution in [0.4, 0.5) is 0 Å². The van der Waals surface area contributed by atoms with E-state index in [1.165, 1.54) is 7.11 Å². The highest BCUT2D eigenvalue weighted by Crippen LogP contribution is 2.53. The summed E-state index contributed by atoms with van der Waals surface area (Å²) in [5.41, 5.74) is 6.68. The van der Waals surface area contributed by atoms with Crippen LogP contribution in [0.25, 0.3) is 5.57 Å². The summed E-state index contributed by atoms with van der Waals surface area (Å²) in [6, 6.07) is 0. The van der Waals surface area contributed by atoms with E-state index in [1.807, 2.05) is 17.2 Å². The number of carbonyl (C=O) groups excluding carboxylic acids is 2. The fourth-order valence-corrected chi connectivity index (χ4v) is 6.37. The van der Waals surface area contributed by atoms with Gasteiger partial charge in [0.15, 0.2) is 17.8 Å². The zero-order valence-electron chi connectivity index (χ0n) is 26.9. The van der Waals surface area contributed by atoms with Crippen LogP contribution < -0.4 is 25.3 Å². The lowest BCUT2D eigenvalue weighted by Gasteiger charge is -2.34. The van der Waals surface area contributed by atoms with Gasteiger partial charge in [0.25, 0.3) is 0 Å². The van der Waals surface area contributed by atoms with Crippen molar-refractivity contribution in [2.24, 2.45) is 20.7 Å². The number of hydrogen-bond acceptors (Lipinski definition) is 15. The van der Waals surface area contributed by atoms with Crippen LogP contribution in [0.15, 0.2) is 45.3 Å². The molecule has 0 spiro atoms. The van der Waals surface area contributed by atoms with E-state index in [2.05, 4.69) is 20.3 Å². The fraction of sp³-hybridized carbons (Fsp3) is 0.469. The first-order valence-electron chi connectivity index (χ1n) is 15.7. The number of esters is 1. The Kier molecular flexibility index (Phi) is 9.13. The van der Waals surface area contributed by atoms with Crippen LogP contribution in [-0.4, -0.2) is 106 Å². The van der Waals surface area contributed by atoms with Gasteiger partial charge in [-0.1, -0.05) is 6.08 Å². The van der Waals surface area contributed by atoms with Gasteiger partial charge in [-0.25, -0.2) is 4.79 Å². The second-order valence-corrected chi connectivity index (χ2v) is 11.9. The highest BCUT2D eigenvalue weighted by Gasteiger charge is 2.44. The Morgan fingerprint density at radius 2 is 2.08 bits per heavy atom. The second kappa shape index (κ2) is 13.3. The molecule has 0 fully saturated rings. The SMILES string of the molecule is CCOC(=O)C1=C/C(=C\CN2C=CNC2N2CN=C3C(=O)N=C(N)N=C32)c2c(OC)c3c(c(CO)c2O1)O[C@H]([C@@](C)(O)CCCCO)C3. The lowest BCUT2D eigenvalue weighted by Crippen LogP contribution is -2.53. The molecule has 6 N–H and O–H groups in total. The Morgan fingerprint density at radius 1 is 1.27 bits per heavy atom. The zero-order valence-corrected chi connectivity index (χ0v) is 26.9. The third-order valence-electron chi connectivity index (χ3n) is 8.76. The van der Waals surface area contributed by atoms with Gasteiger partial charge in [0, 0.05) is 37.5 Å². The van der Waals surface area contributed by atoms with E-state index in [0.29, 0.717) is 65.4 Å². The molecule has 16 nitrogen and oxygen atoms in total. The molecule has 16 heteroatoms. The minimum absolute atomic E-state index is 0.0219. The van der Waals surface area contributed by atoms with Crippen molar-refractivity contribution in [3.8, 4) is 17.2 Å². The number of unbranched alkanes of at least 4 members (excludes halogenated alkanes) is 1. The van der Waals surface area contributed by atoms with E-state index in [0.717, 1.165) is 0 Å². The maximum absolute atomic E-state index is 13.0. The van der Waals surface area contributed by atoms with Gasteiger partial charge in [0.05, 0.1) is 37.1 Å². The van der Waals surface area contributed by atoms with Gasteiger partial charge in [-0.05, 0) is 44.8 Å². The second-order valence-electron chi connectivity index (χ2n) is 11.9. The number of aliphatic hydroxyl groups is 3. The smallest absolute Gasteiger partial charge is 0.374 e. The number of guanidine groups is 1. The van der Waals surface area contributed by atoms with Crippen LogP contribution in [0, 0.1) is 0 Å². The lowest BCUT2D eigenvalue weighted by atomic mass is 9.87. The number of allylic oxidation sites excluding steroid dienone is 2. The number of nitrogens with zero attached hydrogens (tertiary/aromatic N) is 5. The minimum Gasteiger partial charge on any atom is -0.496 e. The molecule has 0 aliphatic carbocycles. The molecule has 3 atom stereocenters. The monoisotopic (exact) mass is 665 g/mol. The predicted octanol–water partition coefficient (Wildman–Crippen LogP) is 0.255. The number of amidine groups is 1. The number of benzene rings is 1. The molecule has 1 amide bonds. The molecule has 1 aromatic rings. The van der Waals surface area contributed by atoms with Crippen molar-refractivity contribution in [2.75, 3.05) is 33.5 Å². The lowest BCUT2D eigenvalue weighted by molar-refractivity contribution is -0.141. The Morgan fingerprint density at radius 3 is 2.81 bits per heavy atom. The first-order valence-corrected chi connectivity index (χ1v) is 15.7. The van der Waals surface area contributed by atoms with Crippen LogP contribution in [0.5, 0.6) is 17.2 Å². The van der Waals surface area contributed by atoms with E-state index in [-0.39, 0.29) is 49.5 Å². The van der Waals surface area contributed by atoms with Gasteiger partial charge in [-0.3, -0.25) is 14.7 Å². The van der Waals surface area contributed by atoms with Crippen molar-refractivity contribution < 1.29 is 43.9 Å². The number of carbonyl (C=O) groups is 2. The molecule has 1 unspecified atom stereocenters. The molecule has 5 heterocycles. The van der Waals surface area contributed by atoms with Crippen LogP contribution in [0.1, 0.15) is 49.8 Å². The highest BCUT2D eigenvalue weighted by molar-refractivity contribution is 6.69. The van der Waals surface area contributed by atoms with Crippen molar-refractivity contribution in [1.82, 2.24) is 15.1 Å². The normalized spacial score (nSPS) is 22.8. The van der Waals surface area contributed by atoms with Gasteiger partial charge < -0.3 is 50.2 Å². The van der Waals surface area contributed by atoms with Crippen molar-refractivity contribution in [1.29, 1.82) is 0 Å². The summed E-state index contributed by atoms with van der Waals surface area (Å²) in [7, 11) is 1.51. The summed E-state index contributed by atoms with van der Waals surface area (Å²) in [5, 5.41) is 34.5. The fourth-order valence-electron chi connectivity index (χ4n) is 6.37.